The van der Waals surface area contributed by atoms with Crippen LogP contribution in [-0.2, 0) is 23.2 Å². The minimum Gasteiger partial charge on any atom is -0.495 e. The van der Waals surface area contributed by atoms with E-state index in [1.54, 1.807) is 19.1 Å². The highest BCUT2D eigenvalue weighted by molar-refractivity contribution is 7.90. The normalized spacial score (nSPS) is 13.7. The number of anilines is 1. The lowest BCUT2D eigenvalue weighted by Gasteiger charge is -2.30. The third kappa shape index (κ3) is 4.75. The van der Waals surface area contributed by atoms with Crippen LogP contribution < -0.4 is 15.0 Å². The van der Waals surface area contributed by atoms with Crippen LogP contribution in [0.5, 0.6) is 5.75 Å². The Morgan fingerprint density at radius 3 is 2.50 bits per heavy atom. The summed E-state index contributed by atoms with van der Waals surface area (Å²) in [5.41, 5.74) is 1.91. The van der Waals surface area contributed by atoms with Crippen LogP contribution in [0.1, 0.15) is 16.8 Å². The van der Waals surface area contributed by atoms with Gasteiger partial charge in [-0.25, -0.2) is 23.5 Å². The van der Waals surface area contributed by atoms with E-state index < -0.39 is 27.4 Å². The fourth-order valence-electron chi connectivity index (χ4n) is 4.45. The number of benzene rings is 2. The second-order valence-electron chi connectivity index (χ2n) is 8.71. The van der Waals surface area contributed by atoms with Crippen molar-refractivity contribution in [1.29, 1.82) is 0 Å². The van der Waals surface area contributed by atoms with Crippen LogP contribution in [0.15, 0.2) is 65.7 Å². The van der Waals surface area contributed by atoms with E-state index in [0.29, 0.717) is 22.4 Å². The molecule has 5 rings (SSSR count). The molecule has 0 aliphatic carbocycles. The van der Waals surface area contributed by atoms with Crippen LogP contribution in [0.4, 0.5) is 14.7 Å². The van der Waals surface area contributed by atoms with Crippen molar-refractivity contribution in [3.05, 3.63) is 99.7 Å². The van der Waals surface area contributed by atoms with Crippen LogP contribution in [0.3, 0.4) is 0 Å². The average Bonchev–Trinajstić information content (AvgIpc) is 2.90. The first-order chi connectivity index (χ1) is 18.2. The van der Waals surface area contributed by atoms with Crippen LogP contribution >= 0.6 is 0 Å². The second kappa shape index (κ2) is 9.95. The summed E-state index contributed by atoms with van der Waals surface area (Å²) in [5.74, 6) is -0.845. The third-order valence-electron chi connectivity index (χ3n) is 6.34. The molecule has 1 N–H and O–H groups in total. The van der Waals surface area contributed by atoms with E-state index in [1.807, 2.05) is 0 Å². The molecule has 2 aromatic heterocycles. The lowest BCUT2D eigenvalue weighted by atomic mass is 10.0. The quantitative estimate of drug-likeness (QED) is 0.401. The molecule has 0 amide bonds. The second-order valence-corrected chi connectivity index (χ2v) is 10.4. The molecule has 0 atom stereocenters. The Hall–Kier alpha value is -4.16. The lowest BCUT2D eigenvalue weighted by molar-refractivity contribution is 0.385. The van der Waals surface area contributed by atoms with Crippen molar-refractivity contribution in [2.75, 3.05) is 18.4 Å². The molecule has 0 radical (unpaired) electrons. The van der Waals surface area contributed by atoms with Gasteiger partial charge in [-0.1, -0.05) is 12.1 Å². The summed E-state index contributed by atoms with van der Waals surface area (Å²) in [6.07, 6.45) is 3.03. The molecule has 0 spiro atoms. The maximum atomic E-state index is 15.4. The first-order valence-corrected chi connectivity index (χ1v) is 13.0. The van der Waals surface area contributed by atoms with E-state index in [4.69, 9.17) is 4.74 Å². The van der Waals surface area contributed by atoms with Crippen molar-refractivity contribution < 1.29 is 21.9 Å². The number of nitrogens with zero attached hydrogens (tertiary/aromatic N) is 4. The van der Waals surface area contributed by atoms with Crippen molar-refractivity contribution in [1.82, 2.24) is 18.8 Å². The summed E-state index contributed by atoms with van der Waals surface area (Å²) in [5, 5.41) is 0. The molecule has 1 aliphatic rings. The zero-order chi connectivity index (χ0) is 27.0. The monoisotopic (exact) mass is 539 g/mol. The van der Waals surface area contributed by atoms with Gasteiger partial charge >= 0.3 is 10.2 Å². The molecular weight excluding hydrogens is 516 g/mol. The molecule has 3 heterocycles. The summed E-state index contributed by atoms with van der Waals surface area (Å²) < 4.78 is 65.4. The van der Waals surface area contributed by atoms with Crippen molar-refractivity contribution in [2.45, 2.75) is 19.9 Å². The maximum Gasteiger partial charge on any atom is 0.304 e. The minimum atomic E-state index is -3.97. The Morgan fingerprint density at radius 1 is 1.03 bits per heavy atom. The molecule has 9 nitrogen and oxygen atoms in total. The van der Waals surface area contributed by atoms with Gasteiger partial charge in [0, 0.05) is 55.3 Å². The van der Waals surface area contributed by atoms with E-state index in [0.717, 1.165) is 0 Å². The van der Waals surface area contributed by atoms with E-state index in [9.17, 15) is 17.6 Å². The fraction of sp³-hybridized carbons (Fsp3) is 0.192. The number of hydrogen-bond acceptors (Lipinski definition) is 6. The standard InChI is InChI=1S/C26H23F2N5O4S/c1-16-12-17(4-6-20(16)27)19-13-24(37-2)23(14-21(19)28)33-22-8-11-32(15-18(22)5-7-25(33)34)38(35,36)31-26-29-9-3-10-30-26/h3-7,9-10,12-14H,8,11,15H2,1-2H3,(H,29,30,31). The maximum absolute atomic E-state index is 15.4. The summed E-state index contributed by atoms with van der Waals surface area (Å²) in [4.78, 5) is 20.8. The van der Waals surface area contributed by atoms with Crippen molar-refractivity contribution in [3.63, 3.8) is 0 Å². The van der Waals surface area contributed by atoms with Gasteiger partial charge in [-0.2, -0.15) is 12.7 Å². The first-order valence-electron chi connectivity index (χ1n) is 11.6. The summed E-state index contributed by atoms with van der Waals surface area (Å²) in [6, 6.07) is 11.4. The number of aromatic nitrogens is 3. The summed E-state index contributed by atoms with van der Waals surface area (Å²) in [6.45, 7) is 1.63. The molecular formula is C26H23F2N5O4S. The van der Waals surface area contributed by atoms with Gasteiger partial charge in [0.15, 0.2) is 0 Å². The predicted octanol–water partition coefficient (Wildman–Crippen LogP) is 3.60. The van der Waals surface area contributed by atoms with Gasteiger partial charge in [0.05, 0.1) is 12.8 Å². The molecule has 4 aromatic rings. The first kappa shape index (κ1) is 25.5. The number of halogens is 2. The fourth-order valence-corrected chi connectivity index (χ4v) is 5.56. The van der Waals surface area contributed by atoms with Crippen LogP contribution in [0, 0.1) is 18.6 Å². The number of ether oxygens (including phenoxy) is 1. The van der Waals surface area contributed by atoms with E-state index >= 15 is 4.39 Å². The molecule has 0 unspecified atom stereocenters. The highest BCUT2D eigenvalue weighted by Gasteiger charge is 2.30. The number of pyridine rings is 1. The smallest absolute Gasteiger partial charge is 0.304 e. The highest BCUT2D eigenvalue weighted by Crippen LogP contribution is 2.34. The number of aryl methyl sites for hydroxylation is 1. The number of methoxy groups -OCH3 is 1. The Morgan fingerprint density at radius 2 is 1.79 bits per heavy atom. The van der Waals surface area contributed by atoms with Gasteiger partial charge in [-0.15, -0.1) is 0 Å². The Kier molecular flexibility index (Phi) is 6.67. The number of fused-ring (bicyclic) bond motifs is 1. The zero-order valence-electron chi connectivity index (χ0n) is 20.5. The summed E-state index contributed by atoms with van der Waals surface area (Å²) >= 11 is 0. The van der Waals surface area contributed by atoms with Gasteiger partial charge in [0.25, 0.3) is 5.56 Å². The zero-order valence-corrected chi connectivity index (χ0v) is 21.3. The highest BCUT2D eigenvalue weighted by atomic mass is 32.2. The number of nitrogens with one attached hydrogen (secondary N) is 1. The number of rotatable bonds is 6. The average molecular weight is 540 g/mol. The van der Waals surface area contributed by atoms with Gasteiger partial charge in [0.1, 0.15) is 17.4 Å². The molecule has 12 heteroatoms. The summed E-state index contributed by atoms with van der Waals surface area (Å²) in [7, 11) is -2.56. The SMILES string of the molecule is COc1cc(-c2ccc(F)c(C)c2)c(F)cc1-n1c2c(ccc1=O)CN(S(=O)(=O)Nc1ncccn1)CC2. The molecule has 2 aromatic carbocycles. The lowest BCUT2D eigenvalue weighted by Crippen LogP contribution is -2.41. The van der Waals surface area contributed by atoms with Gasteiger partial charge in [-0.3, -0.25) is 9.36 Å². The Bertz CT molecular complexity index is 1690. The number of hydrogen-bond donors (Lipinski definition) is 1. The molecule has 0 bridgehead atoms. The van der Waals surface area contributed by atoms with E-state index in [1.165, 1.54) is 64.8 Å². The molecule has 0 saturated heterocycles. The van der Waals surface area contributed by atoms with Gasteiger partial charge in [0.2, 0.25) is 5.95 Å². The van der Waals surface area contributed by atoms with Crippen molar-refractivity contribution in [3.8, 4) is 22.6 Å². The molecule has 1 aliphatic heterocycles. The molecule has 0 saturated carbocycles. The minimum absolute atomic E-state index is 0.0183. The van der Waals surface area contributed by atoms with Crippen LogP contribution in [0.2, 0.25) is 0 Å². The van der Waals surface area contributed by atoms with E-state index in [2.05, 4.69) is 14.7 Å². The topological polar surface area (TPSA) is 106 Å². The van der Waals surface area contributed by atoms with E-state index in [-0.39, 0.29) is 42.5 Å². The Labute approximate surface area is 217 Å². The third-order valence-corrected chi connectivity index (χ3v) is 7.77. The van der Waals surface area contributed by atoms with Crippen molar-refractivity contribution >= 4 is 16.2 Å². The Balaban J connectivity index is 1.53. The van der Waals surface area contributed by atoms with Gasteiger partial charge in [-0.05, 0) is 47.9 Å². The van der Waals surface area contributed by atoms with Crippen molar-refractivity contribution in [2.24, 2.45) is 0 Å². The van der Waals surface area contributed by atoms with Crippen LogP contribution in [-0.4, -0.2) is 40.9 Å². The largest absolute Gasteiger partial charge is 0.495 e. The predicted molar refractivity (Wildman–Crippen MR) is 137 cm³/mol. The van der Waals surface area contributed by atoms with Crippen LogP contribution in [0.25, 0.3) is 16.8 Å². The molecule has 196 valence electrons. The molecule has 38 heavy (non-hydrogen) atoms. The van der Waals surface area contributed by atoms with Gasteiger partial charge < -0.3 is 4.74 Å². The molecule has 0 fully saturated rings.